The lowest BCUT2D eigenvalue weighted by Gasteiger charge is -2.25. The van der Waals surface area contributed by atoms with Gasteiger partial charge in [-0.05, 0) is 44.5 Å². The van der Waals surface area contributed by atoms with E-state index in [1.165, 1.54) is 0 Å². The molecule has 0 fully saturated rings. The van der Waals surface area contributed by atoms with Crippen LogP contribution < -0.4 is 10.6 Å². The SMILES string of the molecule is CC(NC(=O)C(C)(C)C(=O)Nc1cc(Cl)cc(Cl)c1)c1ccccc1. The van der Waals surface area contributed by atoms with Gasteiger partial charge in [0, 0.05) is 15.7 Å². The van der Waals surface area contributed by atoms with Crippen molar-refractivity contribution in [3.8, 4) is 0 Å². The smallest absolute Gasteiger partial charge is 0.239 e. The Morgan fingerprint density at radius 3 is 2.08 bits per heavy atom. The van der Waals surface area contributed by atoms with Gasteiger partial charge >= 0.3 is 0 Å². The van der Waals surface area contributed by atoms with E-state index in [2.05, 4.69) is 10.6 Å². The second-order valence-corrected chi connectivity index (χ2v) is 7.22. The fourth-order valence-corrected chi connectivity index (χ4v) is 2.74. The summed E-state index contributed by atoms with van der Waals surface area (Å²) in [7, 11) is 0. The predicted octanol–water partition coefficient (Wildman–Crippen LogP) is 4.84. The third-order valence-corrected chi connectivity index (χ3v) is 4.34. The molecule has 0 spiro atoms. The molecule has 1 atom stereocenters. The number of carbonyl (C=O) groups is 2. The van der Waals surface area contributed by atoms with Gasteiger partial charge in [-0.25, -0.2) is 0 Å². The number of nitrogens with one attached hydrogen (secondary N) is 2. The third kappa shape index (κ3) is 4.97. The second kappa shape index (κ2) is 7.89. The number of hydrogen-bond acceptors (Lipinski definition) is 2. The lowest BCUT2D eigenvalue weighted by atomic mass is 9.90. The summed E-state index contributed by atoms with van der Waals surface area (Å²) in [5, 5.41) is 6.37. The zero-order valence-electron chi connectivity index (χ0n) is 14.3. The first-order valence-electron chi connectivity index (χ1n) is 7.83. The summed E-state index contributed by atoms with van der Waals surface area (Å²) >= 11 is 11.9. The average Bonchev–Trinajstić information content (AvgIpc) is 2.54. The quantitative estimate of drug-likeness (QED) is 0.731. The third-order valence-electron chi connectivity index (χ3n) is 3.90. The Morgan fingerprint density at radius 1 is 0.960 bits per heavy atom. The molecule has 0 saturated heterocycles. The highest BCUT2D eigenvalue weighted by atomic mass is 35.5. The second-order valence-electron chi connectivity index (χ2n) is 6.34. The van der Waals surface area contributed by atoms with Crippen LogP contribution in [0.25, 0.3) is 0 Å². The first-order chi connectivity index (χ1) is 11.7. The van der Waals surface area contributed by atoms with Gasteiger partial charge in [0.2, 0.25) is 11.8 Å². The molecule has 0 saturated carbocycles. The molecule has 0 heterocycles. The molecule has 25 heavy (non-hydrogen) atoms. The van der Waals surface area contributed by atoms with Gasteiger partial charge in [-0.1, -0.05) is 53.5 Å². The van der Waals surface area contributed by atoms with Gasteiger partial charge in [0.15, 0.2) is 0 Å². The Labute approximate surface area is 157 Å². The Hall–Kier alpha value is -2.04. The summed E-state index contributed by atoms with van der Waals surface area (Å²) in [5.74, 6) is -0.807. The zero-order valence-corrected chi connectivity index (χ0v) is 15.8. The van der Waals surface area contributed by atoms with E-state index in [1.807, 2.05) is 37.3 Å². The number of amides is 2. The van der Waals surface area contributed by atoms with Crippen LogP contribution in [0.4, 0.5) is 5.69 Å². The van der Waals surface area contributed by atoms with Crippen molar-refractivity contribution in [3.05, 3.63) is 64.1 Å². The van der Waals surface area contributed by atoms with E-state index < -0.39 is 11.3 Å². The average molecular weight is 379 g/mol. The molecule has 0 aliphatic heterocycles. The first kappa shape index (κ1) is 19.3. The molecule has 2 N–H and O–H groups in total. The highest BCUT2D eigenvalue weighted by Gasteiger charge is 2.36. The number of anilines is 1. The van der Waals surface area contributed by atoms with Crippen molar-refractivity contribution in [2.75, 3.05) is 5.32 Å². The van der Waals surface area contributed by atoms with Crippen LogP contribution in [0.15, 0.2) is 48.5 Å². The Morgan fingerprint density at radius 2 is 1.52 bits per heavy atom. The van der Waals surface area contributed by atoms with Gasteiger partial charge in [0.05, 0.1) is 6.04 Å². The van der Waals surface area contributed by atoms with Crippen LogP contribution in [0.1, 0.15) is 32.4 Å². The van der Waals surface area contributed by atoms with Crippen molar-refractivity contribution in [2.45, 2.75) is 26.8 Å². The minimum absolute atomic E-state index is 0.207. The van der Waals surface area contributed by atoms with E-state index in [4.69, 9.17) is 23.2 Å². The van der Waals surface area contributed by atoms with Crippen LogP contribution in [0, 0.1) is 5.41 Å². The van der Waals surface area contributed by atoms with Gasteiger partial charge in [-0.2, -0.15) is 0 Å². The molecule has 0 aromatic heterocycles. The van der Waals surface area contributed by atoms with E-state index in [1.54, 1.807) is 32.0 Å². The van der Waals surface area contributed by atoms with Crippen LogP contribution in [0.3, 0.4) is 0 Å². The Bertz CT molecular complexity index is 756. The van der Waals surface area contributed by atoms with Crippen LogP contribution >= 0.6 is 23.2 Å². The standard InChI is InChI=1S/C19H20Cl2N2O2/c1-12(13-7-5-4-6-8-13)22-17(24)19(2,3)18(25)23-16-10-14(20)9-15(21)11-16/h4-12H,1-3H3,(H,22,24)(H,23,25). The van der Waals surface area contributed by atoms with E-state index in [0.29, 0.717) is 15.7 Å². The predicted molar refractivity (Wildman–Crippen MR) is 102 cm³/mol. The first-order valence-corrected chi connectivity index (χ1v) is 8.59. The van der Waals surface area contributed by atoms with Crippen molar-refractivity contribution < 1.29 is 9.59 Å². The largest absolute Gasteiger partial charge is 0.349 e. The molecule has 1 unspecified atom stereocenters. The van der Waals surface area contributed by atoms with Crippen molar-refractivity contribution in [1.29, 1.82) is 0 Å². The van der Waals surface area contributed by atoms with E-state index in [-0.39, 0.29) is 11.9 Å². The molecule has 4 nitrogen and oxygen atoms in total. The molecule has 2 aromatic carbocycles. The normalized spacial score (nSPS) is 12.4. The van der Waals surface area contributed by atoms with Crippen LogP contribution in [-0.4, -0.2) is 11.8 Å². The highest BCUT2D eigenvalue weighted by Crippen LogP contribution is 2.25. The van der Waals surface area contributed by atoms with Crippen LogP contribution in [-0.2, 0) is 9.59 Å². The van der Waals surface area contributed by atoms with Gasteiger partial charge in [0.1, 0.15) is 5.41 Å². The number of hydrogen-bond donors (Lipinski definition) is 2. The lowest BCUT2D eigenvalue weighted by molar-refractivity contribution is -0.138. The minimum Gasteiger partial charge on any atom is -0.349 e. The van der Waals surface area contributed by atoms with Crippen LogP contribution in [0.5, 0.6) is 0 Å². The summed E-state index contributed by atoms with van der Waals surface area (Å²) < 4.78 is 0. The maximum absolute atomic E-state index is 12.6. The number of carbonyl (C=O) groups excluding carboxylic acids is 2. The Kier molecular flexibility index (Phi) is 6.09. The molecule has 0 aliphatic carbocycles. The van der Waals surface area contributed by atoms with Crippen LogP contribution in [0.2, 0.25) is 10.0 Å². The molecule has 2 rings (SSSR count). The molecule has 132 valence electrons. The number of rotatable bonds is 5. The number of halogens is 2. The lowest BCUT2D eigenvalue weighted by Crippen LogP contribution is -2.45. The summed E-state index contributed by atoms with van der Waals surface area (Å²) in [6.07, 6.45) is 0. The van der Waals surface area contributed by atoms with Gasteiger partial charge < -0.3 is 10.6 Å². The maximum Gasteiger partial charge on any atom is 0.239 e. The summed E-state index contributed by atoms with van der Waals surface area (Å²) in [6, 6.07) is 14.1. The monoisotopic (exact) mass is 378 g/mol. The molecule has 0 radical (unpaired) electrons. The fraction of sp³-hybridized carbons (Fsp3) is 0.263. The van der Waals surface area contributed by atoms with Crippen molar-refractivity contribution in [2.24, 2.45) is 5.41 Å². The number of benzene rings is 2. The molecule has 2 aromatic rings. The summed E-state index contributed by atoms with van der Waals surface area (Å²) in [5.41, 5.74) is 0.144. The molecule has 2 amide bonds. The van der Waals surface area contributed by atoms with Crippen molar-refractivity contribution in [3.63, 3.8) is 0 Å². The summed E-state index contributed by atoms with van der Waals surface area (Å²) in [6.45, 7) is 5.01. The highest BCUT2D eigenvalue weighted by molar-refractivity contribution is 6.35. The van der Waals surface area contributed by atoms with Gasteiger partial charge in [-0.3, -0.25) is 9.59 Å². The molecule has 0 bridgehead atoms. The van der Waals surface area contributed by atoms with Crippen molar-refractivity contribution >= 4 is 40.7 Å². The van der Waals surface area contributed by atoms with Gasteiger partial charge in [-0.15, -0.1) is 0 Å². The molecular weight excluding hydrogens is 359 g/mol. The van der Waals surface area contributed by atoms with E-state index in [0.717, 1.165) is 5.56 Å². The Balaban J connectivity index is 2.08. The van der Waals surface area contributed by atoms with E-state index >= 15 is 0 Å². The van der Waals surface area contributed by atoms with Crippen molar-refractivity contribution in [1.82, 2.24) is 5.32 Å². The summed E-state index contributed by atoms with van der Waals surface area (Å²) in [4.78, 5) is 25.1. The van der Waals surface area contributed by atoms with E-state index in [9.17, 15) is 9.59 Å². The fourth-order valence-electron chi connectivity index (χ4n) is 2.22. The molecule has 6 heteroatoms. The topological polar surface area (TPSA) is 58.2 Å². The minimum atomic E-state index is -1.27. The van der Waals surface area contributed by atoms with Gasteiger partial charge in [0.25, 0.3) is 0 Å². The molecular formula is C19H20Cl2N2O2. The maximum atomic E-state index is 12.6. The molecule has 0 aliphatic rings. The zero-order chi connectivity index (χ0) is 18.6.